The van der Waals surface area contributed by atoms with Gasteiger partial charge in [-0.05, 0) is 90.6 Å². The number of aryl methyl sites for hydroxylation is 1. The Balaban J connectivity index is 1.36. The number of benzene rings is 3. The third-order valence-electron chi connectivity index (χ3n) is 6.16. The van der Waals surface area contributed by atoms with Gasteiger partial charge in [-0.15, -0.1) is 0 Å². The normalized spacial score (nSPS) is 15.3. The van der Waals surface area contributed by atoms with Crippen molar-refractivity contribution < 1.29 is 9.47 Å². The van der Waals surface area contributed by atoms with E-state index in [4.69, 9.17) is 9.47 Å². The predicted octanol–water partition coefficient (Wildman–Crippen LogP) is 5.71. The van der Waals surface area contributed by atoms with Gasteiger partial charge in [-0.25, -0.2) is 0 Å². The Bertz CT molecular complexity index is 965. The second-order valence-electron chi connectivity index (χ2n) is 8.13. The van der Waals surface area contributed by atoms with Crippen molar-refractivity contribution in [3.63, 3.8) is 0 Å². The highest BCUT2D eigenvalue weighted by molar-refractivity contribution is 5.51. The second kappa shape index (κ2) is 9.71. The van der Waals surface area contributed by atoms with Crippen molar-refractivity contribution in [1.29, 1.82) is 0 Å². The molecular formula is C27H31NO2. The van der Waals surface area contributed by atoms with Gasteiger partial charge in [0.05, 0.1) is 14.2 Å². The van der Waals surface area contributed by atoms with Gasteiger partial charge >= 0.3 is 0 Å². The van der Waals surface area contributed by atoms with Gasteiger partial charge < -0.3 is 14.8 Å². The molecule has 0 bridgehead atoms. The van der Waals surface area contributed by atoms with Gasteiger partial charge in [0.2, 0.25) is 0 Å². The molecule has 156 valence electrons. The zero-order valence-electron chi connectivity index (χ0n) is 18.0. The third kappa shape index (κ3) is 4.96. The average Bonchev–Trinajstić information content (AvgIpc) is 2.80. The molecule has 0 saturated heterocycles. The maximum absolute atomic E-state index is 5.38. The van der Waals surface area contributed by atoms with Crippen LogP contribution in [0.2, 0.25) is 0 Å². The van der Waals surface area contributed by atoms with E-state index in [1.54, 1.807) is 14.2 Å². The van der Waals surface area contributed by atoms with E-state index in [1.807, 2.05) is 12.1 Å². The van der Waals surface area contributed by atoms with Gasteiger partial charge in [0, 0.05) is 12.2 Å². The van der Waals surface area contributed by atoms with E-state index in [-0.39, 0.29) is 0 Å². The first-order chi connectivity index (χ1) is 14.7. The van der Waals surface area contributed by atoms with Gasteiger partial charge in [0.15, 0.2) is 0 Å². The Kier molecular flexibility index (Phi) is 6.58. The summed E-state index contributed by atoms with van der Waals surface area (Å²) in [6, 6.07) is 23.7. The fourth-order valence-electron chi connectivity index (χ4n) is 4.42. The number of anilines is 1. The first-order valence-electron chi connectivity index (χ1n) is 10.9. The molecule has 0 fully saturated rings. The molecule has 1 atom stereocenters. The van der Waals surface area contributed by atoms with E-state index in [1.165, 1.54) is 34.4 Å². The van der Waals surface area contributed by atoms with Gasteiger partial charge in [0.25, 0.3) is 0 Å². The first kappa shape index (κ1) is 20.3. The van der Waals surface area contributed by atoms with Crippen LogP contribution < -0.4 is 14.8 Å². The van der Waals surface area contributed by atoms with Gasteiger partial charge in [-0.3, -0.25) is 0 Å². The fourth-order valence-corrected chi connectivity index (χ4v) is 4.42. The molecule has 3 nitrogen and oxygen atoms in total. The standard InChI is InChI=1S/C27H31NO2/c1-29-25-12-8-20(9-13-25)15-16-28-27-6-4-3-5-24(27)18-21-7-10-23-19-26(30-2)14-11-22(23)17-21/h3-6,8-9,11-14,19,21,28H,7,10,15-18H2,1-2H3. The summed E-state index contributed by atoms with van der Waals surface area (Å²) >= 11 is 0. The molecule has 3 aromatic carbocycles. The number of nitrogens with one attached hydrogen (secondary N) is 1. The lowest BCUT2D eigenvalue weighted by atomic mass is 9.80. The quantitative estimate of drug-likeness (QED) is 0.525. The number of para-hydroxylation sites is 1. The SMILES string of the molecule is COc1ccc(CCNc2ccccc2CC2CCc3cc(OC)ccc3C2)cc1. The van der Waals surface area contributed by atoms with Crippen molar-refractivity contribution >= 4 is 5.69 Å². The monoisotopic (exact) mass is 401 g/mol. The number of hydrogen-bond acceptors (Lipinski definition) is 3. The minimum atomic E-state index is 0.690. The van der Waals surface area contributed by atoms with E-state index in [0.717, 1.165) is 43.7 Å². The van der Waals surface area contributed by atoms with Crippen LogP contribution in [-0.4, -0.2) is 20.8 Å². The Morgan fingerprint density at radius 2 is 1.63 bits per heavy atom. The summed E-state index contributed by atoms with van der Waals surface area (Å²) in [7, 11) is 3.45. The highest BCUT2D eigenvalue weighted by atomic mass is 16.5. The molecule has 0 aliphatic heterocycles. The summed E-state index contributed by atoms with van der Waals surface area (Å²) in [5.41, 5.74) is 6.95. The smallest absolute Gasteiger partial charge is 0.119 e. The van der Waals surface area contributed by atoms with Crippen LogP contribution >= 0.6 is 0 Å². The first-order valence-corrected chi connectivity index (χ1v) is 10.9. The fraction of sp³-hybridized carbons (Fsp3) is 0.333. The summed E-state index contributed by atoms with van der Waals surface area (Å²) in [5.74, 6) is 2.57. The summed E-state index contributed by atoms with van der Waals surface area (Å²) in [6.07, 6.45) is 5.65. The van der Waals surface area contributed by atoms with Crippen molar-refractivity contribution in [2.24, 2.45) is 5.92 Å². The van der Waals surface area contributed by atoms with E-state index < -0.39 is 0 Å². The maximum atomic E-state index is 5.38. The molecule has 1 aliphatic carbocycles. The molecule has 0 aromatic heterocycles. The molecule has 3 aromatic rings. The minimum Gasteiger partial charge on any atom is -0.497 e. The Morgan fingerprint density at radius 1 is 0.867 bits per heavy atom. The number of fused-ring (bicyclic) bond motifs is 1. The van der Waals surface area contributed by atoms with Gasteiger partial charge in [-0.1, -0.05) is 36.4 Å². The van der Waals surface area contributed by atoms with Gasteiger partial charge in [0.1, 0.15) is 11.5 Å². The van der Waals surface area contributed by atoms with Crippen molar-refractivity contribution in [2.45, 2.75) is 32.1 Å². The number of rotatable bonds is 8. The summed E-state index contributed by atoms with van der Waals surface area (Å²) < 4.78 is 10.6. The molecule has 0 radical (unpaired) electrons. The number of ether oxygens (including phenoxy) is 2. The molecule has 4 rings (SSSR count). The largest absolute Gasteiger partial charge is 0.497 e. The zero-order valence-corrected chi connectivity index (χ0v) is 18.0. The summed E-state index contributed by atoms with van der Waals surface area (Å²) in [6.45, 7) is 0.927. The Hall–Kier alpha value is -2.94. The van der Waals surface area contributed by atoms with Crippen LogP contribution in [0, 0.1) is 5.92 Å². The average molecular weight is 402 g/mol. The van der Waals surface area contributed by atoms with Crippen molar-refractivity contribution in [1.82, 2.24) is 0 Å². The summed E-state index contributed by atoms with van der Waals surface area (Å²) in [4.78, 5) is 0. The Morgan fingerprint density at radius 3 is 2.43 bits per heavy atom. The zero-order chi connectivity index (χ0) is 20.8. The highest BCUT2D eigenvalue weighted by Gasteiger charge is 2.20. The van der Waals surface area contributed by atoms with Crippen LogP contribution in [0.3, 0.4) is 0 Å². The van der Waals surface area contributed by atoms with E-state index in [2.05, 4.69) is 59.9 Å². The van der Waals surface area contributed by atoms with Crippen molar-refractivity contribution in [3.8, 4) is 11.5 Å². The molecule has 1 aliphatic rings. The van der Waals surface area contributed by atoms with E-state index in [0.29, 0.717) is 5.92 Å². The number of methoxy groups -OCH3 is 2. The second-order valence-corrected chi connectivity index (χ2v) is 8.13. The molecule has 30 heavy (non-hydrogen) atoms. The van der Waals surface area contributed by atoms with Crippen molar-refractivity contribution in [3.05, 3.63) is 89.0 Å². The van der Waals surface area contributed by atoms with Crippen LogP contribution in [0.25, 0.3) is 0 Å². The lowest BCUT2D eigenvalue weighted by molar-refractivity contribution is 0.410. The van der Waals surface area contributed by atoms with Gasteiger partial charge in [-0.2, -0.15) is 0 Å². The van der Waals surface area contributed by atoms with E-state index in [9.17, 15) is 0 Å². The number of hydrogen-bond donors (Lipinski definition) is 1. The third-order valence-corrected chi connectivity index (χ3v) is 6.16. The summed E-state index contributed by atoms with van der Waals surface area (Å²) in [5, 5.41) is 3.67. The Labute approximate surface area is 180 Å². The molecule has 0 spiro atoms. The lowest BCUT2D eigenvalue weighted by Gasteiger charge is -2.26. The van der Waals surface area contributed by atoms with Crippen LogP contribution in [0.15, 0.2) is 66.7 Å². The highest BCUT2D eigenvalue weighted by Crippen LogP contribution is 2.31. The molecule has 0 heterocycles. The van der Waals surface area contributed by atoms with Crippen LogP contribution in [0.5, 0.6) is 11.5 Å². The van der Waals surface area contributed by atoms with E-state index >= 15 is 0 Å². The van der Waals surface area contributed by atoms with Crippen molar-refractivity contribution in [2.75, 3.05) is 26.1 Å². The van der Waals surface area contributed by atoms with Crippen LogP contribution in [0.4, 0.5) is 5.69 Å². The lowest BCUT2D eigenvalue weighted by Crippen LogP contribution is -2.17. The molecule has 0 amide bonds. The van der Waals surface area contributed by atoms with Crippen LogP contribution in [-0.2, 0) is 25.7 Å². The maximum Gasteiger partial charge on any atom is 0.119 e. The molecule has 1 N–H and O–H groups in total. The topological polar surface area (TPSA) is 30.5 Å². The molecular weight excluding hydrogens is 370 g/mol. The molecule has 0 saturated carbocycles. The van der Waals surface area contributed by atoms with Crippen LogP contribution in [0.1, 0.15) is 28.7 Å². The molecule has 3 heteroatoms. The minimum absolute atomic E-state index is 0.690. The molecule has 1 unspecified atom stereocenters. The predicted molar refractivity (Wildman–Crippen MR) is 124 cm³/mol.